The summed E-state index contributed by atoms with van der Waals surface area (Å²) in [5.74, 6) is 1.32. The van der Waals surface area contributed by atoms with Gasteiger partial charge in [-0.3, -0.25) is 9.69 Å². The lowest BCUT2D eigenvalue weighted by molar-refractivity contribution is -0.125. The topological polar surface area (TPSA) is 60.0 Å². The smallest absolute Gasteiger partial charge is 0.246 e. The number of ether oxygens (including phenoxy) is 3. The normalized spacial score (nSPS) is 17.2. The molecule has 0 unspecified atom stereocenters. The Bertz CT molecular complexity index is 884. The van der Waals surface area contributed by atoms with Crippen molar-refractivity contribution < 1.29 is 19.0 Å². The van der Waals surface area contributed by atoms with Gasteiger partial charge in [-0.2, -0.15) is 0 Å². The Hall–Kier alpha value is -2.57. The minimum absolute atomic E-state index is 0.00914. The standard InChI is InChI=1S/C24H32N2O4/c1-16-7-6-8-18(11-16)14-26-10-9-19-12-21(29-4)22(30-5)13-20(19)24(26)17(2)25-23(27)15-28-3/h6-8,11-13,17,24H,9-10,14-15H2,1-5H3,(H,25,27)/t17-,24-/m1/s1. The van der Waals surface area contributed by atoms with Crippen LogP contribution in [0.5, 0.6) is 11.5 Å². The Morgan fingerprint density at radius 2 is 1.90 bits per heavy atom. The maximum absolute atomic E-state index is 12.2. The fourth-order valence-corrected chi connectivity index (χ4v) is 4.34. The number of benzene rings is 2. The Morgan fingerprint density at radius 3 is 2.57 bits per heavy atom. The van der Waals surface area contributed by atoms with E-state index >= 15 is 0 Å². The third-order valence-corrected chi connectivity index (χ3v) is 5.63. The molecule has 2 atom stereocenters. The fraction of sp³-hybridized carbons (Fsp3) is 0.458. The Labute approximate surface area is 179 Å². The van der Waals surface area contributed by atoms with Crippen LogP contribution in [0.2, 0.25) is 0 Å². The lowest BCUT2D eigenvalue weighted by Crippen LogP contribution is -2.48. The summed E-state index contributed by atoms with van der Waals surface area (Å²) in [6.07, 6.45) is 0.913. The summed E-state index contributed by atoms with van der Waals surface area (Å²) in [5.41, 5.74) is 4.90. The van der Waals surface area contributed by atoms with Crippen LogP contribution in [-0.4, -0.2) is 51.3 Å². The van der Waals surface area contributed by atoms with Crippen molar-refractivity contribution in [1.29, 1.82) is 0 Å². The molecule has 6 nitrogen and oxygen atoms in total. The fourth-order valence-electron chi connectivity index (χ4n) is 4.34. The van der Waals surface area contributed by atoms with Crippen LogP contribution in [0.3, 0.4) is 0 Å². The number of hydrogen-bond acceptors (Lipinski definition) is 5. The summed E-state index contributed by atoms with van der Waals surface area (Å²) in [6, 6.07) is 12.6. The zero-order valence-corrected chi connectivity index (χ0v) is 18.5. The van der Waals surface area contributed by atoms with Gasteiger partial charge < -0.3 is 19.5 Å². The first-order chi connectivity index (χ1) is 14.5. The number of nitrogens with one attached hydrogen (secondary N) is 1. The van der Waals surface area contributed by atoms with Gasteiger partial charge in [0.05, 0.1) is 20.3 Å². The molecule has 0 fully saturated rings. The molecule has 1 N–H and O–H groups in total. The first-order valence-electron chi connectivity index (χ1n) is 10.3. The summed E-state index contributed by atoms with van der Waals surface area (Å²) in [7, 11) is 4.83. The van der Waals surface area contributed by atoms with Gasteiger partial charge in [0, 0.05) is 26.2 Å². The van der Waals surface area contributed by atoms with E-state index in [0.717, 1.165) is 30.8 Å². The number of methoxy groups -OCH3 is 3. The average Bonchev–Trinajstić information content (AvgIpc) is 2.72. The van der Waals surface area contributed by atoms with Gasteiger partial charge in [0.1, 0.15) is 6.61 Å². The third-order valence-electron chi connectivity index (χ3n) is 5.63. The molecule has 162 valence electrons. The lowest BCUT2D eigenvalue weighted by atomic mass is 9.87. The van der Waals surface area contributed by atoms with E-state index in [-0.39, 0.29) is 24.6 Å². The predicted octanol–water partition coefficient (Wildman–Crippen LogP) is 3.26. The Kier molecular flexibility index (Phi) is 7.34. The van der Waals surface area contributed by atoms with Crippen LogP contribution < -0.4 is 14.8 Å². The van der Waals surface area contributed by atoms with Crippen molar-refractivity contribution in [3.8, 4) is 11.5 Å². The number of carbonyl (C=O) groups excluding carboxylic acids is 1. The number of rotatable bonds is 8. The second-order valence-electron chi connectivity index (χ2n) is 7.85. The van der Waals surface area contributed by atoms with Gasteiger partial charge in [-0.15, -0.1) is 0 Å². The molecule has 0 aromatic heterocycles. The van der Waals surface area contributed by atoms with Crippen LogP contribution in [0.15, 0.2) is 36.4 Å². The molecule has 2 aromatic rings. The molecule has 1 aliphatic rings. The first kappa shape index (κ1) is 22.1. The minimum atomic E-state index is -0.117. The van der Waals surface area contributed by atoms with E-state index in [1.807, 2.05) is 6.92 Å². The van der Waals surface area contributed by atoms with Crippen molar-refractivity contribution in [3.63, 3.8) is 0 Å². The van der Waals surface area contributed by atoms with Crippen LogP contribution in [0.25, 0.3) is 0 Å². The van der Waals surface area contributed by atoms with Gasteiger partial charge in [-0.1, -0.05) is 29.8 Å². The van der Waals surface area contributed by atoms with E-state index in [1.165, 1.54) is 23.8 Å². The zero-order valence-electron chi connectivity index (χ0n) is 18.5. The number of carbonyl (C=O) groups is 1. The molecule has 1 amide bonds. The molecule has 0 saturated heterocycles. The highest BCUT2D eigenvalue weighted by Gasteiger charge is 2.33. The molecule has 3 rings (SSSR count). The second kappa shape index (κ2) is 9.96. The summed E-state index contributed by atoms with van der Waals surface area (Å²) >= 11 is 0. The number of aryl methyl sites for hydroxylation is 1. The molecule has 6 heteroatoms. The van der Waals surface area contributed by atoms with Crippen LogP contribution in [-0.2, 0) is 22.5 Å². The van der Waals surface area contributed by atoms with Gasteiger partial charge in [0.15, 0.2) is 11.5 Å². The number of amides is 1. The highest BCUT2D eigenvalue weighted by Crippen LogP contribution is 2.40. The number of fused-ring (bicyclic) bond motifs is 1. The molecule has 0 radical (unpaired) electrons. The molecule has 1 heterocycles. The lowest BCUT2D eigenvalue weighted by Gasteiger charge is -2.41. The molecule has 0 aliphatic carbocycles. The maximum atomic E-state index is 12.2. The zero-order chi connectivity index (χ0) is 21.7. The van der Waals surface area contributed by atoms with Crippen molar-refractivity contribution in [2.75, 3.05) is 34.5 Å². The van der Waals surface area contributed by atoms with E-state index in [0.29, 0.717) is 5.75 Å². The number of hydrogen-bond donors (Lipinski definition) is 1. The summed E-state index contributed by atoms with van der Waals surface area (Å²) in [6.45, 7) is 5.91. The van der Waals surface area contributed by atoms with Gasteiger partial charge in [0.25, 0.3) is 0 Å². The van der Waals surface area contributed by atoms with Crippen molar-refractivity contribution in [1.82, 2.24) is 10.2 Å². The average molecular weight is 413 g/mol. The minimum Gasteiger partial charge on any atom is -0.493 e. The van der Waals surface area contributed by atoms with Crippen LogP contribution in [0.4, 0.5) is 0 Å². The van der Waals surface area contributed by atoms with Crippen molar-refractivity contribution >= 4 is 5.91 Å². The maximum Gasteiger partial charge on any atom is 0.246 e. The molecule has 0 spiro atoms. The SMILES string of the molecule is COCC(=O)N[C@H](C)[C@@H]1c2cc(OC)c(OC)cc2CCN1Cc1cccc(C)c1. The van der Waals surface area contributed by atoms with Crippen LogP contribution >= 0.6 is 0 Å². The summed E-state index contributed by atoms with van der Waals surface area (Å²) in [4.78, 5) is 14.7. The van der Waals surface area contributed by atoms with E-state index in [2.05, 4.69) is 53.5 Å². The van der Waals surface area contributed by atoms with E-state index < -0.39 is 0 Å². The Morgan fingerprint density at radius 1 is 1.17 bits per heavy atom. The monoisotopic (exact) mass is 412 g/mol. The van der Waals surface area contributed by atoms with Crippen molar-refractivity contribution in [2.45, 2.75) is 38.9 Å². The van der Waals surface area contributed by atoms with Crippen molar-refractivity contribution in [3.05, 3.63) is 58.7 Å². The first-order valence-corrected chi connectivity index (χ1v) is 10.3. The van der Waals surface area contributed by atoms with E-state index in [9.17, 15) is 4.79 Å². The molecule has 0 bridgehead atoms. The quantitative estimate of drug-likeness (QED) is 0.721. The Balaban J connectivity index is 1.97. The summed E-state index contributed by atoms with van der Waals surface area (Å²) < 4.78 is 16.1. The highest BCUT2D eigenvalue weighted by molar-refractivity contribution is 5.77. The second-order valence-corrected chi connectivity index (χ2v) is 7.85. The molecular formula is C24H32N2O4. The van der Waals surface area contributed by atoms with Gasteiger partial charge >= 0.3 is 0 Å². The van der Waals surface area contributed by atoms with Gasteiger partial charge in [-0.25, -0.2) is 0 Å². The molecule has 0 saturated carbocycles. The van der Waals surface area contributed by atoms with Crippen LogP contribution in [0.1, 0.15) is 35.2 Å². The van der Waals surface area contributed by atoms with Gasteiger partial charge in [-0.05, 0) is 49.1 Å². The van der Waals surface area contributed by atoms with Crippen LogP contribution in [0, 0.1) is 6.92 Å². The summed E-state index contributed by atoms with van der Waals surface area (Å²) in [5, 5.41) is 3.11. The molecule has 30 heavy (non-hydrogen) atoms. The highest BCUT2D eigenvalue weighted by atomic mass is 16.5. The van der Waals surface area contributed by atoms with E-state index in [1.54, 1.807) is 14.2 Å². The molecular weight excluding hydrogens is 380 g/mol. The van der Waals surface area contributed by atoms with Gasteiger partial charge in [0.2, 0.25) is 5.91 Å². The van der Waals surface area contributed by atoms with E-state index in [4.69, 9.17) is 14.2 Å². The third kappa shape index (κ3) is 4.94. The molecule has 2 aromatic carbocycles. The largest absolute Gasteiger partial charge is 0.493 e. The number of nitrogens with zero attached hydrogens (tertiary/aromatic N) is 1. The van der Waals surface area contributed by atoms with Crippen molar-refractivity contribution in [2.24, 2.45) is 0 Å². The predicted molar refractivity (Wildman–Crippen MR) is 117 cm³/mol. The molecule has 1 aliphatic heterocycles.